The van der Waals surface area contributed by atoms with Crippen molar-refractivity contribution < 1.29 is 4.79 Å². The number of anilines is 1. The van der Waals surface area contributed by atoms with Gasteiger partial charge in [0.15, 0.2) is 0 Å². The first-order chi connectivity index (χ1) is 16.7. The van der Waals surface area contributed by atoms with E-state index in [1.54, 1.807) is 13.3 Å². The zero-order valence-electron chi connectivity index (χ0n) is 21.4. The van der Waals surface area contributed by atoms with Crippen LogP contribution in [0.15, 0.2) is 34.2 Å². The van der Waals surface area contributed by atoms with E-state index in [9.17, 15) is 9.59 Å². The van der Waals surface area contributed by atoms with Crippen molar-refractivity contribution in [1.82, 2.24) is 10.3 Å². The van der Waals surface area contributed by atoms with Crippen molar-refractivity contribution in [2.24, 2.45) is 16.5 Å². The number of aromatic nitrogens is 1. The maximum atomic E-state index is 13.4. The van der Waals surface area contributed by atoms with E-state index in [0.717, 1.165) is 59.3 Å². The van der Waals surface area contributed by atoms with Crippen molar-refractivity contribution in [2.45, 2.75) is 65.1 Å². The van der Waals surface area contributed by atoms with E-state index < -0.39 is 0 Å². The molecule has 0 saturated heterocycles. The molecule has 8 heteroatoms. The highest BCUT2D eigenvalue weighted by atomic mass is 16.1. The van der Waals surface area contributed by atoms with Gasteiger partial charge in [0.05, 0.1) is 0 Å². The highest BCUT2D eigenvalue weighted by Crippen LogP contribution is 2.32. The Morgan fingerprint density at radius 3 is 2.49 bits per heavy atom. The minimum atomic E-state index is -0.242. The summed E-state index contributed by atoms with van der Waals surface area (Å²) < 4.78 is 0. The molecule has 1 saturated carbocycles. The number of rotatable bonds is 7. The molecule has 1 aromatic carbocycles. The van der Waals surface area contributed by atoms with Gasteiger partial charge in [-0.3, -0.25) is 14.6 Å². The number of pyridine rings is 1. The van der Waals surface area contributed by atoms with Gasteiger partial charge < -0.3 is 26.7 Å². The van der Waals surface area contributed by atoms with Crippen molar-refractivity contribution in [3.63, 3.8) is 0 Å². The highest BCUT2D eigenvalue weighted by molar-refractivity contribution is 6.11. The molecule has 0 unspecified atom stereocenters. The summed E-state index contributed by atoms with van der Waals surface area (Å²) in [6.45, 7) is 5.82. The molecule has 0 aliphatic heterocycles. The second kappa shape index (κ2) is 11.4. The van der Waals surface area contributed by atoms with Crippen LogP contribution in [0.25, 0.3) is 5.57 Å². The maximum absolute atomic E-state index is 13.4. The third-order valence-corrected chi connectivity index (χ3v) is 6.99. The molecule has 0 atom stereocenters. The van der Waals surface area contributed by atoms with Gasteiger partial charge in [0.2, 0.25) is 0 Å². The molecule has 1 aliphatic rings. The standard InChI is InChI=1S/C27H38N6O2/c1-16-10-17(2)32-27(35)24(16)15-31-26(34)23-11-19(20(13-28)14-30-4)12-25(18(23)3)33(5)22-8-6-21(29)7-9-22/h10-14,21-22H,6-9,15,28-29H2,1-5H3,(H,31,34)(H,32,35). The molecule has 3 rings (SSSR count). The van der Waals surface area contributed by atoms with Gasteiger partial charge in [-0.2, -0.15) is 0 Å². The first-order valence-electron chi connectivity index (χ1n) is 12.1. The van der Waals surface area contributed by atoms with E-state index >= 15 is 0 Å². The number of nitrogens with one attached hydrogen (secondary N) is 2. The zero-order chi connectivity index (χ0) is 25.7. The Morgan fingerprint density at radius 2 is 1.89 bits per heavy atom. The zero-order valence-corrected chi connectivity index (χ0v) is 21.4. The summed E-state index contributed by atoms with van der Waals surface area (Å²) in [6.07, 6.45) is 7.18. The van der Waals surface area contributed by atoms with Crippen LogP contribution in [-0.2, 0) is 6.54 Å². The number of benzene rings is 1. The van der Waals surface area contributed by atoms with E-state index in [1.807, 2.05) is 32.9 Å². The topological polar surface area (TPSA) is 130 Å². The molecule has 2 aromatic rings. The third kappa shape index (κ3) is 6.00. The van der Waals surface area contributed by atoms with Crippen LogP contribution in [0.1, 0.15) is 64.0 Å². The SMILES string of the molecule is CN=CC(=CN)c1cc(C(=O)NCc2c(C)cc(C)[nH]c2=O)c(C)c(N(C)C2CCC(N)CC2)c1. The van der Waals surface area contributed by atoms with E-state index in [2.05, 4.69) is 33.3 Å². The van der Waals surface area contributed by atoms with E-state index in [0.29, 0.717) is 17.2 Å². The van der Waals surface area contributed by atoms with Gasteiger partial charge in [-0.15, -0.1) is 0 Å². The monoisotopic (exact) mass is 478 g/mol. The molecular formula is C27H38N6O2. The smallest absolute Gasteiger partial charge is 0.253 e. The number of nitrogens with two attached hydrogens (primary N) is 2. The summed E-state index contributed by atoms with van der Waals surface area (Å²) in [5.74, 6) is -0.242. The summed E-state index contributed by atoms with van der Waals surface area (Å²) in [4.78, 5) is 35.0. The Labute approximate surface area is 207 Å². The fourth-order valence-corrected chi connectivity index (χ4v) is 4.87. The molecule has 0 radical (unpaired) electrons. The molecule has 1 aromatic heterocycles. The van der Waals surface area contributed by atoms with Crippen molar-refractivity contribution in [3.05, 3.63) is 68.3 Å². The molecular weight excluding hydrogens is 440 g/mol. The van der Waals surface area contributed by atoms with Crippen LogP contribution in [0.2, 0.25) is 0 Å². The summed E-state index contributed by atoms with van der Waals surface area (Å²) in [7, 11) is 3.76. The fourth-order valence-electron chi connectivity index (χ4n) is 4.87. The third-order valence-electron chi connectivity index (χ3n) is 6.99. The minimum absolute atomic E-state index is 0.144. The maximum Gasteiger partial charge on any atom is 0.253 e. The van der Waals surface area contributed by atoms with Crippen LogP contribution >= 0.6 is 0 Å². The molecule has 35 heavy (non-hydrogen) atoms. The van der Waals surface area contributed by atoms with Gasteiger partial charge in [0, 0.05) is 73.2 Å². The Hall–Kier alpha value is -3.39. The Kier molecular flexibility index (Phi) is 8.51. The second-order valence-electron chi connectivity index (χ2n) is 9.48. The highest BCUT2D eigenvalue weighted by Gasteiger charge is 2.25. The number of aryl methyl sites for hydroxylation is 2. The van der Waals surface area contributed by atoms with Gasteiger partial charge in [0.1, 0.15) is 0 Å². The summed E-state index contributed by atoms with van der Waals surface area (Å²) in [5, 5.41) is 2.95. The number of aromatic amines is 1. The van der Waals surface area contributed by atoms with Crippen molar-refractivity contribution >= 4 is 23.4 Å². The van der Waals surface area contributed by atoms with E-state index in [-0.39, 0.29) is 24.1 Å². The fraction of sp³-hybridized carbons (Fsp3) is 0.444. The molecule has 1 heterocycles. The summed E-state index contributed by atoms with van der Waals surface area (Å²) >= 11 is 0. The molecule has 1 aliphatic carbocycles. The lowest BCUT2D eigenvalue weighted by Crippen LogP contribution is -2.39. The number of nitrogens with zero attached hydrogens (tertiary/aromatic N) is 2. The van der Waals surface area contributed by atoms with Gasteiger partial charge in [-0.1, -0.05) is 0 Å². The average Bonchev–Trinajstić information content (AvgIpc) is 2.82. The van der Waals surface area contributed by atoms with Crippen molar-refractivity contribution in [1.29, 1.82) is 0 Å². The van der Waals surface area contributed by atoms with Crippen LogP contribution in [-0.4, -0.2) is 43.3 Å². The molecule has 0 spiro atoms. The van der Waals surface area contributed by atoms with Crippen LogP contribution in [0.3, 0.4) is 0 Å². The lowest BCUT2D eigenvalue weighted by atomic mass is 9.89. The number of carbonyl (C=O) groups excluding carboxylic acids is 1. The Balaban J connectivity index is 1.98. The van der Waals surface area contributed by atoms with E-state index in [1.165, 1.54) is 6.20 Å². The van der Waals surface area contributed by atoms with Crippen molar-refractivity contribution in [3.8, 4) is 0 Å². The van der Waals surface area contributed by atoms with Crippen molar-refractivity contribution in [2.75, 3.05) is 19.0 Å². The predicted octanol–water partition coefficient (Wildman–Crippen LogP) is 2.94. The number of hydrogen-bond acceptors (Lipinski definition) is 6. The van der Waals surface area contributed by atoms with Crippen LogP contribution in [0, 0.1) is 20.8 Å². The lowest BCUT2D eigenvalue weighted by molar-refractivity contribution is 0.0950. The molecule has 1 fully saturated rings. The van der Waals surface area contributed by atoms with Crippen LogP contribution in [0.5, 0.6) is 0 Å². The Morgan fingerprint density at radius 1 is 1.20 bits per heavy atom. The number of allylic oxidation sites excluding steroid dienone is 1. The number of aliphatic imine (C=N–C) groups is 1. The average molecular weight is 479 g/mol. The summed E-state index contributed by atoms with van der Waals surface area (Å²) in [6, 6.07) is 6.41. The molecule has 1 amide bonds. The van der Waals surface area contributed by atoms with Gasteiger partial charge >= 0.3 is 0 Å². The molecule has 8 nitrogen and oxygen atoms in total. The summed E-state index contributed by atoms with van der Waals surface area (Å²) in [5.41, 5.74) is 18.0. The Bertz CT molecular complexity index is 1190. The first kappa shape index (κ1) is 26.2. The van der Waals surface area contributed by atoms with Gasteiger partial charge in [-0.25, -0.2) is 0 Å². The predicted molar refractivity (Wildman–Crippen MR) is 144 cm³/mol. The number of hydrogen-bond donors (Lipinski definition) is 4. The largest absolute Gasteiger partial charge is 0.404 e. The quantitative estimate of drug-likeness (QED) is 0.455. The minimum Gasteiger partial charge on any atom is -0.404 e. The van der Waals surface area contributed by atoms with Crippen LogP contribution in [0.4, 0.5) is 5.69 Å². The molecule has 188 valence electrons. The number of carbonyl (C=O) groups is 1. The first-order valence-corrected chi connectivity index (χ1v) is 12.1. The number of H-pyrrole nitrogens is 1. The lowest BCUT2D eigenvalue weighted by Gasteiger charge is -2.36. The number of amides is 1. The molecule has 0 bridgehead atoms. The van der Waals surface area contributed by atoms with E-state index in [4.69, 9.17) is 11.5 Å². The normalized spacial score (nSPS) is 18.6. The second-order valence-corrected chi connectivity index (χ2v) is 9.48. The van der Waals surface area contributed by atoms with Gasteiger partial charge in [-0.05, 0) is 81.3 Å². The molecule has 6 N–H and O–H groups in total. The van der Waals surface area contributed by atoms with Crippen LogP contribution < -0.4 is 27.2 Å². The van der Waals surface area contributed by atoms with Gasteiger partial charge in [0.25, 0.3) is 11.5 Å².